The van der Waals surface area contributed by atoms with Crippen LogP contribution in [0.3, 0.4) is 0 Å². The van der Waals surface area contributed by atoms with Gasteiger partial charge in [-0.1, -0.05) is 6.92 Å². The summed E-state index contributed by atoms with van der Waals surface area (Å²) in [5.74, 6) is -0.0120. The number of methoxy groups -OCH3 is 1. The van der Waals surface area contributed by atoms with E-state index in [1.807, 2.05) is 20.8 Å². The van der Waals surface area contributed by atoms with Crippen molar-refractivity contribution in [1.29, 1.82) is 0 Å². The third-order valence-electron chi connectivity index (χ3n) is 4.45. The fraction of sp³-hybridized carbons (Fsp3) is 0.455. The van der Waals surface area contributed by atoms with E-state index in [4.69, 9.17) is 9.47 Å². The SMILES string of the molecule is C=N/C=C(\C=C\OC)NS(=O)(=O)c1ccc(OCCCNCC)cc1C(=O)N(C)C(C)C. The van der Waals surface area contributed by atoms with Crippen LogP contribution in [0.25, 0.3) is 0 Å². The third kappa shape index (κ3) is 8.35. The number of benzene rings is 1. The summed E-state index contributed by atoms with van der Waals surface area (Å²) in [5, 5.41) is 3.20. The number of nitrogens with one attached hydrogen (secondary N) is 2. The molecule has 178 valence electrons. The number of carbonyl (C=O) groups is 1. The van der Waals surface area contributed by atoms with Gasteiger partial charge in [0.1, 0.15) is 10.6 Å². The Labute approximate surface area is 191 Å². The van der Waals surface area contributed by atoms with Crippen LogP contribution < -0.4 is 14.8 Å². The highest BCUT2D eigenvalue weighted by Gasteiger charge is 2.26. The second-order valence-electron chi connectivity index (χ2n) is 7.13. The maximum Gasteiger partial charge on any atom is 0.262 e. The topological polar surface area (TPSA) is 109 Å². The van der Waals surface area contributed by atoms with Crippen molar-refractivity contribution in [3.63, 3.8) is 0 Å². The molecule has 10 heteroatoms. The summed E-state index contributed by atoms with van der Waals surface area (Å²) in [5.41, 5.74) is 0.140. The summed E-state index contributed by atoms with van der Waals surface area (Å²) < 4.78 is 39.2. The molecule has 2 N–H and O–H groups in total. The second-order valence-corrected chi connectivity index (χ2v) is 8.79. The molecule has 32 heavy (non-hydrogen) atoms. The van der Waals surface area contributed by atoms with Gasteiger partial charge in [-0.15, -0.1) is 0 Å². The monoisotopic (exact) mass is 466 g/mol. The molecule has 0 saturated heterocycles. The van der Waals surface area contributed by atoms with Crippen molar-refractivity contribution in [3.8, 4) is 5.75 Å². The van der Waals surface area contributed by atoms with E-state index < -0.39 is 15.9 Å². The van der Waals surface area contributed by atoms with E-state index >= 15 is 0 Å². The molecule has 1 aromatic carbocycles. The first-order valence-electron chi connectivity index (χ1n) is 10.3. The zero-order valence-corrected chi connectivity index (χ0v) is 20.2. The van der Waals surface area contributed by atoms with Gasteiger partial charge in [0, 0.05) is 13.1 Å². The highest BCUT2D eigenvalue weighted by Crippen LogP contribution is 2.24. The number of aliphatic imine (C=N–C) groups is 1. The summed E-state index contributed by atoms with van der Waals surface area (Å²) in [6.45, 7) is 11.2. The maximum absolute atomic E-state index is 13.1. The Balaban J connectivity index is 3.32. The molecule has 0 spiro atoms. The average Bonchev–Trinajstić information content (AvgIpc) is 2.76. The Bertz CT molecular complexity index is 926. The van der Waals surface area contributed by atoms with Gasteiger partial charge in [-0.3, -0.25) is 14.5 Å². The van der Waals surface area contributed by atoms with Crippen LogP contribution in [0, 0.1) is 0 Å². The number of ether oxygens (including phenoxy) is 2. The van der Waals surface area contributed by atoms with E-state index in [-0.39, 0.29) is 22.2 Å². The van der Waals surface area contributed by atoms with Gasteiger partial charge < -0.3 is 19.7 Å². The fourth-order valence-corrected chi connectivity index (χ4v) is 3.77. The normalized spacial score (nSPS) is 12.1. The minimum absolute atomic E-state index is 0.0134. The second kappa shape index (κ2) is 13.5. The van der Waals surface area contributed by atoms with Crippen molar-refractivity contribution in [2.24, 2.45) is 4.99 Å². The summed E-state index contributed by atoms with van der Waals surface area (Å²) in [4.78, 5) is 18.0. The van der Waals surface area contributed by atoms with Gasteiger partial charge >= 0.3 is 0 Å². The third-order valence-corrected chi connectivity index (χ3v) is 5.89. The fourth-order valence-electron chi connectivity index (χ4n) is 2.54. The lowest BCUT2D eigenvalue weighted by atomic mass is 10.1. The number of carbonyl (C=O) groups excluding carboxylic acids is 1. The molecule has 0 aliphatic heterocycles. The minimum Gasteiger partial charge on any atom is -0.504 e. The van der Waals surface area contributed by atoms with Crippen LogP contribution in [0.1, 0.15) is 37.6 Å². The molecular formula is C22H34N4O5S. The lowest BCUT2D eigenvalue weighted by molar-refractivity contribution is 0.0750. The van der Waals surface area contributed by atoms with Gasteiger partial charge in [-0.2, -0.15) is 0 Å². The van der Waals surface area contributed by atoms with Gasteiger partial charge in [0.05, 0.1) is 37.4 Å². The molecule has 0 radical (unpaired) electrons. The number of hydrogen-bond donors (Lipinski definition) is 2. The predicted molar refractivity (Wildman–Crippen MR) is 126 cm³/mol. The van der Waals surface area contributed by atoms with Crippen molar-refractivity contribution in [3.05, 3.63) is 48.0 Å². The average molecular weight is 467 g/mol. The van der Waals surface area contributed by atoms with Gasteiger partial charge in [-0.05, 0) is 64.4 Å². The van der Waals surface area contributed by atoms with Crippen LogP contribution >= 0.6 is 0 Å². The van der Waals surface area contributed by atoms with Crippen LogP contribution in [0.5, 0.6) is 5.75 Å². The molecule has 0 heterocycles. The van der Waals surface area contributed by atoms with E-state index in [1.54, 1.807) is 7.05 Å². The molecule has 1 aromatic rings. The molecule has 0 atom stereocenters. The number of amides is 1. The molecule has 0 aromatic heterocycles. The summed E-state index contributed by atoms with van der Waals surface area (Å²) >= 11 is 0. The molecule has 0 unspecified atom stereocenters. The van der Waals surface area contributed by atoms with Crippen LogP contribution in [0.15, 0.2) is 52.3 Å². The first-order valence-corrected chi connectivity index (χ1v) is 11.8. The first kappa shape index (κ1) is 27.2. The van der Waals surface area contributed by atoms with Crippen molar-refractivity contribution in [2.45, 2.75) is 38.1 Å². The molecule has 0 bridgehead atoms. The van der Waals surface area contributed by atoms with Crippen LogP contribution in [-0.4, -0.2) is 65.8 Å². The summed E-state index contributed by atoms with van der Waals surface area (Å²) in [7, 11) is -1.07. The van der Waals surface area contributed by atoms with Crippen molar-refractivity contribution < 1.29 is 22.7 Å². The summed E-state index contributed by atoms with van der Waals surface area (Å²) in [6.07, 6.45) is 4.69. The van der Waals surface area contributed by atoms with Crippen molar-refractivity contribution >= 4 is 22.6 Å². The quantitative estimate of drug-likeness (QED) is 0.189. The molecule has 9 nitrogen and oxygen atoms in total. The van der Waals surface area contributed by atoms with Crippen LogP contribution in [-0.2, 0) is 14.8 Å². The Morgan fingerprint density at radius 3 is 2.66 bits per heavy atom. The molecule has 1 rings (SSSR count). The Morgan fingerprint density at radius 1 is 1.34 bits per heavy atom. The van der Waals surface area contributed by atoms with Crippen LogP contribution in [0.4, 0.5) is 0 Å². The number of rotatable bonds is 14. The van der Waals surface area contributed by atoms with Gasteiger partial charge in [0.15, 0.2) is 0 Å². The largest absolute Gasteiger partial charge is 0.504 e. The molecule has 1 amide bonds. The van der Waals surface area contributed by atoms with Crippen molar-refractivity contribution in [1.82, 2.24) is 14.9 Å². The molecule has 0 saturated carbocycles. The van der Waals surface area contributed by atoms with Crippen molar-refractivity contribution in [2.75, 3.05) is 33.9 Å². The maximum atomic E-state index is 13.1. The highest BCUT2D eigenvalue weighted by molar-refractivity contribution is 7.89. The zero-order valence-electron chi connectivity index (χ0n) is 19.4. The molecule has 0 fully saturated rings. The number of allylic oxidation sites excluding steroid dienone is 1. The van der Waals surface area contributed by atoms with E-state index in [0.717, 1.165) is 19.5 Å². The number of hydrogen-bond acceptors (Lipinski definition) is 7. The predicted octanol–water partition coefficient (Wildman–Crippen LogP) is 2.53. The standard InChI is InChI=1S/C22H34N4O5S/c1-7-24-12-8-13-31-19-9-10-21(20(15-19)22(27)26(5)17(2)3)32(28,29)25-18(16-23-4)11-14-30-6/h9-11,14-17,24-25H,4,7-8,12-13H2,1-3,5-6H3/b14-11+,18-16+. The molecule has 0 aliphatic carbocycles. The van der Waals surface area contributed by atoms with E-state index in [9.17, 15) is 13.2 Å². The lowest BCUT2D eigenvalue weighted by Crippen LogP contribution is -2.35. The molecule has 0 aliphatic rings. The smallest absolute Gasteiger partial charge is 0.262 e. The first-order chi connectivity index (χ1) is 15.2. The van der Waals surface area contributed by atoms with Gasteiger partial charge in [-0.25, -0.2) is 8.42 Å². The highest BCUT2D eigenvalue weighted by atomic mass is 32.2. The Morgan fingerprint density at radius 2 is 2.06 bits per heavy atom. The summed E-state index contributed by atoms with van der Waals surface area (Å²) in [6, 6.07) is 4.24. The molecular weight excluding hydrogens is 432 g/mol. The van der Waals surface area contributed by atoms with E-state index in [2.05, 4.69) is 21.7 Å². The van der Waals surface area contributed by atoms with Crippen LogP contribution in [0.2, 0.25) is 0 Å². The minimum atomic E-state index is -4.12. The van der Waals surface area contributed by atoms with Gasteiger partial charge in [0.25, 0.3) is 15.9 Å². The number of nitrogens with zero attached hydrogens (tertiary/aromatic N) is 2. The lowest BCUT2D eigenvalue weighted by Gasteiger charge is -2.23. The Kier molecular flexibility index (Phi) is 11.5. The number of sulfonamides is 1. The van der Waals surface area contributed by atoms with E-state index in [1.165, 1.54) is 48.7 Å². The van der Waals surface area contributed by atoms with Gasteiger partial charge in [0.2, 0.25) is 0 Å². The zero-order chi connectivity index (χ0) is 24.1. The Hall–Kier alpha value is -2.85. The van der Waals surface area contributed by atoms with E-state index in [0.29, 0.717) is 12.4 Å².